The van der Waals surface area contributed by atoms with Crippen molar-refractivity contribution < 1.29 is 0 Å². The van der Waals surface area contributed by atoms with Gasteiger partial charge < -0.3 is 9.80 Å². The summed E-state index contributed by atoms with van der Waals surface area (Å²) in [6.07, 6.45) is 15.4. The highest BCUT2D eigenvalue weighted by Gasteiger charge is 2.14. The standard InChI is InChI=1S/C38H56N2/c1-5-9-16-28-39(29-17-10-6-2)35-24-22-34(23-25-35)38-32-36(26-27-37(38)33-20-14-13-15-21-33)40(30-18-11-7-3)31-19-12-8-4/h13-15,20-27,32H,5-12,16-19,28-31H2,1-4H3. The molecule has 218 valence electrons. The predicted octanol–water partition coefficient (Wildman–Crippen LogP) is 11.4. The average molecular weight is 541 g/mol. The molecule has 0 radical (unpaired) electrons. The van der Waals surface area contributed by atoms with Crippen molar-refractivity contribution in [2.24, 2.45) is 0 Å². The first-order valence-corrected chi connectivity index (χ1v) is 16.5. The molecule has 0 spiro atoms. The van der Waals surface area contributed by atoms with Crippen LogP contribution in [-0.4, -0.2) is 26.2 Å². The zero-order valence-corrected chi connectivity index (χ0v) is 26.1. The van der Waals surface area contributed by atoms with E-state index in [9.17, 15) is 0 Å². The fraction of sp³-hybridized carbons (Fsp3) is 0.526. The molecule has 0 aliphatic heterocycles. The van der Waals surface area contributed by atoms with Crippen LogP contribution in [0.2, 0.25) is 0 Å². The van der Waals surface area contributed by atoms with Crippen molar-refractivity contribution in [3.8, 4) is 22.3 Å². The molecule has 3 aromatic rings. The van der Waals surface area contributed by atoms with Gasteiger partial charge in [0.2, 0.25) is 0 Å². The second kappa shape index (κ2) is 18.6. The number of anilines is 2. The Kier molecular flexibility index (Phi) is 14.8. The monoisotopic (exact) mass is 540 g/mol. The van der Waals surface area contributed by atoms with E-state index in [0.717, 1.165) is 26.2 Å². The van der Waals surface area contributed by atoms with E-state index >= 15 is 0 Å². The third kappa shape index (κ3) is 10.0. The molecule has 0 unspecified atom stereocenters. The van der Waals surface area contributed by atoms with Gasteiger partial charge in [-0.15, -0.1) is 0 Å². The van der Waals surface area contributed by atoms with Crippen molar-refractivity contribution in [1.82, 2.24) is 0 Å². The van der Waals surface area contributed by atoms with E-state index in [1.54, 1.807) is 0 Å². The highest BCUT2D eigenvalue weighted by Crippen LogP contribution is 2.36. The summed E-state index contributed by atoms with van der Waals surface area (Å²) in [7, 11) is 0. The number of hydrogen-bond donors (Lipinski definition) is 0. The average Bonchev–Trinajstić information content (AvgIpc) is 3.00. The van der Waals surface area contributed by atoms with Crippen LogP contribution in [0, 0.1) is 0 Å². The Morgan fingerprint density at radius 3 is 1.30 bits per heavy atom. The van der Waals surface area contributed by atoms with Gasteiger partial charge in [0.25, 0.3) is 0 Å². The van der Waals surface area contributed by atoms with Crippen LogP contribution >= 0.6 is 0 Å². The molecule has 0 amide bonds. The third-order valence-corrected chi connectivity index (χ3v) is 8.12. The maximum atomic E-state index is 2.64. The summed E-state index contributed by atoms with van der Waals surface area (Å²) in [5, 5.41) is 0. The van der Waals surface area contributed by atoms with E-state index < -0.39 is 0 Å². The molecule has 0 bridgehead atoms. The molecule has 0 fully saturated rings. The highest BCUT2D eigenvalue weighted by molar-refractivity contribution is 5.86. The SMILES string of the molecule is CCCCCN(CCCCC)c1ccc(-c2cc(N(CCCCC)CCCCC)ccc2-c2ccccc2)cc1. The minimum absolute atomic E-state index is 1.14. The van der Waals surface area contributed by atoms with Gasteiger partial charge in [0.1, 0.15) is 0 Å². The van der Waals surface area contributed by atoms with Gasteiger partial charge in [-0.2, -0.15) is 0 Å². The van der Waals surface area contributed by atoms with Crippen molar-refractivity contribution >= 4 is 11.4 Å². The van der Waals surface area contributed by atoms with Crippen molar-refractivity contribution in [3.05, 3.63) is 72.8 Å². The van der Waals surface area contributed by atoms with Crippen LogP contribution < -0.4 is 9.80 Å². The molecule has 2 nitrogen and oxygen atoms in total. The van der Waals surface area contributed by atoms with Crippen LogP contribution in [0.3, 0.4) is 0 Å². The van der Waals surface area contributed by atoms with Crippen molar-refractivity contribution in [2.45, 2.75) is 105 Å². The number of rotatable bonds is 20. The van der Waals surface area contributed by atoms with E-state index in [-0.39, 0.29) is 0 Å². The molecule has 0 aliphatic carbocycles. The molecule has 40 heavy (non-hydrogen) atoms. The molecule has 3 aromatic carbocycles. The summed E-state index contributed by atoms with van der Waals surface area (Å²) in [4.78, 5) is 5.26. The summed E-state index contributed by atoms with van der Waals surface area (Å²) in [5.41, 5.74) is 8.00. The Bertz CT molecular complexity index is 1040. The molecule has 0 aromatic heterocycles. The Morgan fingerprint density at radius 2 is 0.825 bits per heavy atom. The molecule has 0 saturated heterocycles. The van der Waals surface area contributed by atoms with Gasteiger partial charge in [-0.25, -0.2) is 0 Å². The molecule has 0 saturated carbocycles. The molecule has 2 heteroatoms. The van der Waals surface area contributed by atoms with E-state index in [1.165, 1.54) is 111 Å². The number of hydrogen-bond acceptors (Lipinski definition) is 2. The van der Waals surface area contributed by atoms with Gasteiger partial charge in [-0.05, 0) is 72.2 Å². The Hall–Kier alpha value is -2.74. The van der Waals surface area contributed by atoms with Gasteiger partial charge in [-0.1, -0.05) is 128 Å². The molecule has 0 N–H and O–H groups in total. The number of benzene rings is 3. The Labute approximate surface area is 246 Å². The molecule has 0 heterocycles. The van der Waals surface area contributed by atoms with Crippen LogP contribution in [-0.2, 0) is 0 Å². The zero-order chi connectivity index (χ0) is 28.4. The summed E-state index contributed by atoms with van der Waals surface area (Å²) in [5.74, 6) is 0. The maximum Gasteiger partial charge on any atom is 0.0372 e. The molecule has 0 aliphatic rings. The molecule has 0 atom stereocenters. The van der Waals surface area contributed by atoms with Crippen molar-refractivity contribution in [1.29, 1.82) is 0 Å². The van der Waals surface area contributed by atoms with E-state index in [4.69, 9.17) is 0 Å². The lowest BCUT2D eigenvalue weighted by molar-refractivity contribution is 0.636. The normalized spacial score (nSPS) is 11.1. The Morgan fingerprint density at radius 1 is 0.400 bits per heavy atom. The van der Waals surface area contributed by atoms with Crippen molar-refractivity contribution in [2.75, 3.05) is 36.0 Å². The number of unbranched alkanes of at least 4 members (excludes halogenated alkanes) is 8. The van der Waals surface area contributed by atoms with E-state index in [0.29, 0.717) is 0 Å². The van der Waals surface area contributed by atoms with Crippen LogP contribution in [0.1, 0.15) is 105 Å². The smallest absolute Gasteiger partial charge is 0.0372 e. The predicted molar refractivity (Wildman–Crippen MR) is 180 cm³/mol. The number of nitrogens with zero attached hydrogens (tertiary/aromatic N) is 2. The van der Waals surface area contributed by atoms with Crippen LogP contribution in [0.5, 0.6) is 0 Å². The molecule has 3 rings (SSSR count). The van der Waals surface area contributed by atoms with Crippen molar-refractivity contribution in [3.63, 3.8) is 0 Å². The lowest BCUT2D eigenvalue weighted by Crippen LogP contribution is -2.26. The Balaban J connectivity index is 1.95. The maximum absolute atomic E-state index is 2.64. The second-order valence-corrected chi connectivity index (χ2v) is 11.4. The van der Waals surface area contributed by atoms with E-state index in [2.05, 4.69) is 110 Å². The van der Waals surface area contributed by atoms with Gasteiger partial charge in [0.05, 0.1) is 0 Å². The summed E-state index contributed by atoms with van der Waals surface area (Å²) in [6.45, 7) is 13.8. The van der Waals surface area contributed by atoms with Crippen LogP contribution in [0.4, 0.5) is 11.4 Å². The minimum Gasteiger partial charge on any atom is -0.372 e. The largest absolute Gasteiger partial charge is 0.372 e. The lowest BCUT2D eigenvalue weighted by atomic mass is 9.93. The fourth-order valence-corrected chi connectivity index (χ4v) is 5.64. The quantitative estimate of drug-likeness (QED) is 0.131. The fourth-order valence-electron chi connectivity index (χ4n) is 5.64. The van der Waals surface area contributed by atoms with E-state index in [1.807, 2.05) is 0 Å². The first kappa shape index (κ1) is 31.8. The van der Waals surface area contributed by atoms with Gasteiger partial charge >= 0.3 is 0 Å². The third-order valence-electron chi connectivity index (χ3n) is 8.12. The van der Waals surface area contributed by atoms with Gasteiger partial charge in [0.15, 0.2) is 0 Å². The minimum atomic E-state index is 1.14. The summed E-state index contributed by atoms with van der Waals surface area (Å²) >= 11 is 0. The van der Waals surface area contributed by atoms with Gasteiger partial charge in [0, 0.05) is 37.6 Å². The van der Waals surface area contributed by atoms with Crippen LogP contribution in [0.25, 0.3) is 22.3 Å². The first-order valence-electron chi connectivity index (χ1n) is 16.5. The molecular weight excluding hydrogens is 484 g/mol. The van der Waals surface area contributed by atoms with Crippen LogP contribution in [0.15, 0.2) is 72.8 Å². The topological polar surface area (TPSA) is 6.48 Å². The highest BCUT2D eigenvalue weighted by atomic mass is 15.1. The second-order valence-electron chi connectivity index (χ2n) is 11.4. The first-order chi connectivity index (χ1) is 19.7. The molecular formula is C38H56N2. The lowest BCUT2D eigenvalue weighted by Gasteiger charge is -2.27. The summed E-state index contributed by atoms with van der Waals surface area (Å²) < 4.78 is 0. The van der Waals surface area contributed by atoms with Gasteiger partial charge in [-0.3, -0.25) is 0 Å². The zero-order valence-electron chi connectivity index (χ0n) is 26.1. The summed E-state index contributed by atoms with van der Waals surface area (Å²) in [6, 6.07) is 27.6.